The maximum absolute atomic E-state index is 14.5. The molecule has 6 rings (SSSR count). The number of nitrogens with one attached hydrogen (secondary N) is 1. The van der Waals surface area contributed by atoms with Crippen LogP contribution in [-0.2, 0) is 30.1 Å². The third-order valence-corrected chi connectivity index (χ3v) is 15.7. The Hall–Kier alpha value is -3.17. The molecule has 7 nitrogen and oxygen atoms in total. The van der Waals surface area contributed by atoms with E-state index in [0.29, 0.717) is 30.8 Å². The van der Waals surface area contributed by atoms with Crippen molar-refractivity contribution >= 4 is 29.3 Å². The number of halogens is 3. The van der Waals surface area contributed by atoms with Crippen LogP contribution in [0.4, 0.5) is 18.9 Å². The molecule has 1 aromatic rings. The summed E-state index contributed by atoms with van der Waals surface area (Å²) in [7, 11) is 0. The highest BCUT2D eigenvalue weighted by atomic mass is 19.4. The third-order valence-electron chi connectivity index (χ3n) is 15.7. The Bertz CT molecular complexity index is 1740. The number of allylic oxidation sites excluding steroid dienone is 1. The number of ether oxygens (including phenoxy) is 1. The van der Waals surface area contributed by atoms with E-state index in [-0.39, 0.29) is 69.8 Å². The van der Waals surface area contributed by atoms with Crippen molar-refractivity contribution in [1.29, 1.82) is 0 Å². The van der Waals surface area contributed by atoms with Gasteiger partial charge in [-0.05, 0) is 128 Å². The van der Waals surface area contributed by atoms with Gasteiger partial charge in [0.1, 0.15) is 6.10 Å². The van der Waals surface area contributed by atoms with Gasteiger partial charge in [0.25, 0.3) is 0 Å². The lowest BCUT2D eigenvalue weighted by molar-refractivity contribution is -0.233. The Morgan fingerprint density at radius 2 is 1.57 bits per heavy atom. The SMILES string of the molecule is CC(C)C1=C2[C@H]3CCC4C(C)(CCC5C(C)(C)[C@@H](OC(=O)CC(C)(C)C(=O)O)CC[C@@]54C)[C@]3(C)CC[C@@]2(C(=O)Nc2ccccc2C(F)(F)F)CC1=O. The number of esters is 1. The van der Waals surface area contributed by atoms with Gasteiger partial charge in [-0.2, -0.15) is 13.2 Å². The van der Waals surface area contributed by atoms with Gasteiger partial charge in [-0.1, -0.05) is 60.6 Å². The van der Waals surface area contributed by atoms with Crippen LogP contribution in [0, 0.1) is 56.2 Å². The molecule has 292 valence electrons. The van der Waals surface area contributed by atoms with Crippen molar-refractivity contribution in [3.8, 4) is 0 Å². The van der Waals surface area contributed by atoms with Crippen molar-refractivity contribution in [2.24, 2.45) is 56.2 Å². The Labute approximate surface area is 312 Å². The molecule has 1 amide bonds. The molecule has 0 radical (unpaired) electrons. The maximum Gasteiger partial charge on any atom is 0.418 e. The van der Waals surface area contributed by atoms with E-state index in [9.17, 15) is 37.5 Å². The van der Waals surface area contributed by atoms with Crippen LogP contribution in [0.3, 0.4) is 0 Å². The number of rotatable bonds is 7. The fourth-order valence-corrected chi connectivity index (χ4v) is 12.8. The number of amides is 1. The van der Waals surface area contributed by atoms with Crippen LogP contribution in [0.1, 0.15) is 132 Å². The Balaban J connectivity index is 1.32. The number of Topliss-reactive ketones (excluding diaryl/α,β-unsaturated/α-hetero) is 1. The molecule has 0 spiro atoms. The molecule has 0 aliphatic heterocycles. The van der Waals surface area contributed by atoms with Gasteiger partial charge >= 0.3 is 18.1 Å². The number of ketones is 1. The van der Waals surface area contributed by atoms with Gasteiger partial charge in [0.15, 0.2) is 5.78 Å². The summed E-state index contributed by atoms with van der Waals surface area (Å²) in [5, 5.41) is 12.3. The summed E-state index contributed by atoms with van der Waals surface area (Å²) in [5.41, 5.74) is -2.83. The topological polar surface area (TPSA) is 110 Å². The second-order valence-corrected chi connectivity index (χ2v) is 19.5. The number of carboxylic acids is 1. The fourth-order valence-electron chi connectivity index (χ4n) is 12.8. The van der Waals surface area contributed by atoms with Crippen molar-refractivity contribution in [2.45, 2.75) is 139 Å². The second kappa shape index (κ2) is 12.7. The van der Waals surface area contributed by atoms with E-state index in [4.69, 9.17) is 4.74 Å². The number of carboxylic acid groups (broad SMARTS) is 1. The standard InChI is InChI=1S/C43H58F3NO6/c1-24(2)33-28(48)22-42(35(50)47-27-13-11-10-12-25(27)43(44,45)46)21-20-40(8)26(34(33)42)14-15-30-39(7)18-17-31(53-32(49)23-37(3,4)36(51)52)38(5,6)29(39)16-19-41(30,40)9/h10-13,24,26,29-31H,14-23H2,1-9H3,(H,47,50)(H,51,52)/t26-,29?,30?,31+,39+,40-,41?,42-/m1/s1. The molecule has 4 saturated carbocycles. The van der Waals surface area contributed by atoms with Crippen molar-refractivity contribution in [2.75, 3.05) is 5.32 Å². The summed E-state index contributed by atoms with van der Waals surface area (Å²) in [6.07, 6.45) is 0.993. The molecule has 1 aromatic carbocycles. The molecular formula is C43H58F3NO6. The number of hydrogen-bond donors (Lipinski definition) is 2. The van der Waals surface area contributed by atoms with Crippen LogP contribution >= 0.6 is 0 Å². The molecule has 0 saturated heterocycles. The largest absolute Gasteiger partial charge is 0.481 e. The molecule has 0 bridgehead atoms. The Morgan fingerprint density at radius 3 is 2.19 bits per heavy atom. The molecule has 5 aliphatic rings. The Morgan fingerprint density at radius 1 is 0.906 bits per heavy atom. The summed E-state index contributed by atoms with van der Waals surface area (Å²) >= 11 is 0. The lowest BCUT2D eigenvalue weighted by Crippen LogP contribution is -2.66. The van der Waals surface area contributed by atoms with Gasteiger partial charge < -0.3 is 15.2 Å². The van der Waals surface area contributed by atoms with Crippen molar-refractivity contribution in [1.82, 2.24) is 0 Å². The Kier molecular flexibility index (Phi) is 9.46. The molecule has 4 fully saturated rings. The summed E-state index contributed by atoms with van der Waals surface area (Å²) in [6, 6.07) is 5.04. The number of carbonyl (C=O) groups is 4. The highest BCUT2D eigenvalue weighted by Gasteiger charge is 2.71. The molecule has 8 atom stereocenters. The summed E-state index contributed by atoms with van der Waals surface area (Å²) in [4.78, 5) is 53.2. The monoisotopic (exact) mass is 741 g/mol. The number of benzene rings is 1. The predicted octanol–water partition coefficient (Wildman–Crippen LogP) is 10.0. The van der Waals surface area contributed by atoms with Crippen LogP contribution in [0.5, 0.6) is 0 Å². The van der Waals surface area contributed by atoms with Crippen LogP contribution < -0.4 is 5.32 Å². The van der Waals surface area contributed by atoms with Gasteiger partial charge in [-0.15, -0.1) is 0 Å². The van der Waals surface area contributed by atoms with Crippen molar-refractivity contribution < 1.29 is 42.2 Å². The zero-order valence-electron chi connectivity index (χ0n) is 32.9. The fraction of sp³-hybridized carbons (Fsp3) is 0.721. The van der Waals surface area contributed by atoms with Gasteiger partial charge in [0, 0.05) is 11.8 Å². The first-order valence-electron chi connectivity index (χ1n) is 19.5. The molecule has 0 heterocycles. The van der Waals surface area contributed by atoms with Crippen molar-refractivity contribution in [3.63, 3.8) is 0 Å². The first kappa shape index (κ1) is 39.5. The molecule has 0 aromatic heterocycles. The molecule has 3 unspecified atom stereocenters. The summed E-state index contributed by atoms with van der Waals surface area (Å²) < 4.78 is 48.1. The molecular weight excluding hydrogens is 683 g/mol. The van der Waals surface area contributed by atoms with Crippen LogP contribution in [0.15, 0.2) is 35.4 Å². The average molecular weight is 742 g/mol. The van der Waals surface area contributed by atoms with E-state index in [1.54, 1.807) is 0 Å². The van der Waals surface area contributed by atoms with Crippen LogP contribution in [0.25, 0.3) is 0 Å². The molecule has 2 N–H and O–H groups in total. The maximum atomic E-state index is 14.5. The minimum Gasteiger partial charge on any atom is -0.481 e. The first-order valence-corrected chi connectivity index (χ1v) is 19.5. The average Bonchev–Trinajstić information content (AvgIpc) is 3.35. The van der Waals surface area contributed by atoms with E-state index in [1.807, 2.05) is 13.8 Å². The van der Waals surface area contributed by atoms with E-state index >= 15 is 0 Å². The van der Waals surface area contributed by atoms with E-state index < -0.39 is 40.4 Å². The number of carbonyl (C=O) groups excluding carboxylic acids is 3. The number of aliphatic carboxylic acids is 1. The van der Waals surface area contributed by atoms with Gasteiger partial charge in [-0.3, -0.25) is 19.2 Å². The number of para-hydroxylation sites is 1. The second-order valence-electron chi connectivity index (χ2n) is 19.5. The minimum absolute atomic E-state index is 0.0136. The number of hydrogen-bond acceptors (Lipinski definition) is 5. The van der Waals surface area contributed by atoms with E-state index in [0.717, 1.165) is 43.7 Å². The predicted molar refractivity (Wildman–Crippen MR) is 195 cm³/mol. The van der Waals surface area contributed by atoms with Gasteiger partial charge in [0.05, 0.1) is 28.5 Å². The van der Waals surface area contributed by atoms with Gasteiger partial charge in [0.2, 0.25) is 5.91 Å². The van der Waals surface area contributed by atoms with E-state index in [2.05, 4.69) is 39.9 Å². The highest BCUT2D eigenvalue weighted by molar-refractivity contribution is 6.10. The van der Waals surface area contributed by atoms with Crippen LogP contribution in [0.2, 0.25) is 0 Å². The molecule has 10 heteroatoms. The lowest BCUT2D eigenvalue weighted by Gasteiger charge is -2.72. The first-order chi connectivity index (χ1) is 24.4. The van der Waals surface area contributed by atoms with Gasteiger partial charge in [-0.25, -0.2) is 0 Å². The number of anilines is 1. The van der Waals surface area contributed by atoms with E-state index in [1.165, 1.54) is 32.0 Å². The number of alkyl halides is 3. The zero-order chi connectivity index (χ0) is 39.3. The highest BCUT2D eigenvalue weighted by Crippen LogP contribution is 2.77. The summed E-state index contributed by atoms with van der Waals surface area (Å²) in [6.45, 7) is 18.6. The molecule has 53 heavy (non-hydrogen) atoms. The van der Waals surface area contributed by atoms with Crippen molar-refractivity contribution in [3.05, 3.63) is 41.0 Å². The quantitative estimate of drug-likeness (QED) is 0.269. The zero-order valence-corrected chi connectivity index (χ0v) is 32.9. The number of fused-ring (bicyclic) bond motifs is 7. The molecule has 5 aliphatic carbocycles. The summed E-state index contributed by atoms with van der Waals surface area (Å²) in [5.74, 6) is -1.70. The minimum atomic E-state index is -4.64. The smallest absolute Gasteiger partial charge is 0.418 e. The normalized spacial score (nSPS) is 36.6. The van der Waals surface area contributed by atoms with Crippen LogP contribution in [-0.4, -0.2) is 34.8 Å². The lowest BCUT2D eigenvalue weighted by atomic mass is 9.33. The third kappa shape index (κ3) is 5.89.